The molecule has 1 N–H and O–H groups in total. The van der Waals surface area contributed by atoms with Gasteiger partial charge < -0.3 is 5.11 Å². The van der Waals surface area contributed by atoms with Crippen molar-refractivity contribution in [3.05, 3.63) is 16.3 Å². The van der Waals surface area contributed by atoms with Crippen molar-refractivity contribution in [3.63, 3.8) is 0 Å². The Morgan fingerprint density at radius 2 is 2.21 bits per heavy atom. The number of carboxylic acid groups (broad SMARTS) is 1. The Balaban J connectivity index is 2.40. The summed E-state index contributed by atoms with van der Waals surface area (Å²) in [5.74, 6) is -0.0498. The van der Waals surface area contributed by atoms with E-state index in [0.29, 0.717) is 5.16 Å². The lowest BCUT2D eigenvalue weighted by Crippen LogP contribution is -2.07. The van der Waals surface area contributed by atoms with Crippen LogP contribution in [0.5, 0.6) is 0 Å². The number of aliphatic carboxylic acids is 1. The number of thiophene rings is 1. The van der Waals surface area contributed by atoms with Crippen LogP contribution in [0.25, 0.3) is 11.4 Å². The number of carboxylic acids is 1. The van der Waals surface area contributed by atoms with E-state index in [1.165, 1.54) is 11.8 Å². The van der Waals surface area contributed by atoms with E-state index < -0.39 is 5.97 Å². The predicted molar refractivity (Wildman–Crippen MR) is 76.8 cm³/mol. The SMILES string of the molecule is Cc1cscc1-c1nnc(SCC(=O)O)n1C(C)C. The molecule has 102 valence electrons. The van der Waals surface area contributed by atoms with Gasteiger partial charge in [0.15, 0.2) is 11.0 Å². The minimum atomic E-state index is -0.850. The number of aromatic nitrogens is 3. The van der Waals surface area contributed by atoms with Gasteiger partial charge in [0.1, 0.15) is 0 Å². The first-order valence-corrected chi connectivity index (χ1v) is 7.76. The van der Waals surface area contributed by atoms with Crippen molar-refractivity contribution < 1.29 is 9.90 Å². The second-order valence-corrected chi connectivity index (χ2v) is 6.11. The highest BCUT2D eigenvalue weighted by Crippen LogP contribution is 2.31. The summed E-state index contributed by atoms with van der Waals surface area (Å²) in [6.07, 6.45) is 0. The third kappa shape index (κ3) is 2.98. The van der Waals surface area contributed by atoms with Gasteiger partial charge in [-0.15, -0.1) is 10.2 Å². The Hall–Kier alpha value is -1.34. The lowest BCUT2D eigenvalue weighted by atomic mass is 10.2. The van der Waals surface area contributed by atoms with Gasteiger partial charge in [0.25, 0.3) is 0 Å². The summed E-state index contributed by atoms with van der Waals surface area (Å²) < 4.78 is 1.99. The zero-order chi connectivity index (χ0) is 14.0. The fourth-order valence-corrected chi connectivity index (χ4v) is 3.35. The van der Waals surface area contributed by atoms with E-state index in [1.54, 1.807) is 11.3 Å². The summed E-state index contributed by atoms with van der Waals surface area (Å²) >= 11 is 2.83. The number of nitrogens with zero attached hydrogens (tertiary/aromatic N) is 3. The number of hydrogen-bond acceptors (Lipinski definition) is 5. The lowest BCUT2D eigenvalue weighted by molar-refractivity contribution is -0.133. The van der Waals surface area contributed by atoms with Gasteiger partial charge in [-0.2, -0.15) is 11.3 Å². The Morgan fingerprint density at radius 1 is 1.47 bits per heavy atom. The molecular weight excluding hydrogens is 282 g/mol. The average Bonchev–Trinajstić information content (AvgIpc) is 2.91. The first-order chi connectivity index (χ1) is 9.00. The van der Waals surface area contributed by atoms with E-state index in [4.69, 9.17) is 5.11 Å². The molecule has 0 fully saturated rings. The van der Waals surface area contributed by atoms with Gasteiger partial charge in [0, 0.05) is 17.0 Å². The zero-order valence-corrected chi connectivity index (χ0v) is 12.6. The van der Waals surface area contributed by atoms with E-state index in [2.05, 4.69) is 15.6 Å². The second-order valence-electron chi connectivity index (χ2n) is 4.42. The Labute approximate surface area is 119 Å². The summed E-state index contributed by atoms with van der Waals surface area (Å²) in [6, 6.07) is 0.181. The summed E-state index contributed by atoms with van der Waals surface area (Å²) in [5.41, 5.74) is 2.22. The molecule has 0 unspecified atom stereocenters. The van der Waals surface area contributed by atoms with Gasteiger partial charge >= 0.3 is 5.97 Å². The molecule has 0 amide bonds. The maximum atomic E-state index is 10.7. The first-order valence-electron chi connectivity index (χ1n) is 5.83. The second kappa shape index (κ2) is 5.75. The quantitative estimate of drug-likeness (QED) is 0.859. The molecule has 0 saturated carbocycles. The van der Waals surface area contributed by atoms with Crippen molar-refractivity contribution in [1.29, 1.82) is 0 Å². The molecule has 19 heavy (non-hydrogen) atoms. The van der Waals surface area contributed by atoms with Gasteiger partial charge in [-0.25, -0.2) is 0 Å². The van der Waals surface area contributed by atoms with Crippen LogP contribution < -0.4 is 0 Å². The van der Waals surface area contributed by atoms with Crippen LogP contribution in [0.1, 0.15) is 25.5 Å². The van der Waals surface area contributed by atoms with E-state index in [-0.39, 0.29) is 11.8 Å². The molecular formula is C12H15N3O2S2. The molecule has 2 aromatic heterocycles. The number of thioether (sulfide) groups is 1. The van der Waals surface area contributed by atoms with E-state index in [0.717, 1.165) is 17.0 Å². The Bertz CT molecular complexity index is 590. The van der Waals surface area contributed by atoms with E-state index in [9.17, 15) is 4.79 Å². The van der Waals surface area contributed by atoms with Crippen molar-refractivity contribution in [2.24, 2.45) is 0 Å². The zero-order valence-electron chi connectivity index (χ0n) is 11.0. The third-order valence-corrected chi connectivity index (χ3v) is 4.39. The monoisotopic (exact) mass is 297 g/mol. The molecule has 0 spiro atoms. The van der Waals surface area contributed by atoms with Crippen molar-refractivity contribution in [3.8, 4) is 11.4 Å². The summed E-state index contributed by atoms with van der Waals surface area (Å²) in [7, 11) is 0. The largest absolute Gasteiger partial charge is 0.481 e. The Morgan fingerprint density at radius 3 is 2.74 bits per heavy atom. The van der Waals surface area contributed by atoms with Crippen LogP contribution in [0.3, 0.4) is 0 Å². The maximum absolute atomic E-state index is 10.7. The molecule has 2 aromatic rings. The standard InChI is InChI=1S/C12H15N3O2S2/c1-7(2)15-11(9-5-18-4-8(9)3)13-14-12(15)19-6-10(16)17/h4-5,7H,6H2,1-3H3,(H,16,17). The Kier molecular flexibility index (Phi) is 4.26. The molecule has 2 heterocycles. The molecule has 5 nitrogen and oxygen atoms in total. The van der Waals surface area contributed by atoms with Crippen molar-refractivity contribution in [2.75, 3.05) is 5.75 Å². The fourth-order valence-electron chi connectivity index (χ4n) is 1.74. The topological polar surface area (TPSA) is 68.0 Å². The number of aryl methyl sites for hydroxylation is 1. The minimum Gasteiger partial charge on any atom is -0.481 e. The molecule has 0 saturated heterocycles. The van der Waals surface area contributed by atoms with Crippen molar-refractivity contribution >= 4 is 29.1 Å². The van der Waals surface area contributed by atoms with Crippen LogP contribution in [0.2, 0.25) is 0 Å². The normalized spacial score (nSPS) is 11.2. The highest BCUT2D eigenvalue weighted by atomic mass is 32.2. The van der Waals surface area contributed by atoms with Crippen LogP contribution in [-0.2, 0) is 4.79 Å². The first kappa shape index (κ1) is 14.1. The van der Waals surface area contributed by atoms with Gasteiger partial charge in [-0.1, -0.05) is 11.8 Å². The van der Waals surface area contributed by atoms with Crippen LogP contribution >= 0.6 is 23.1 Å². The highest BCUT2D eigenvalue weighted by Gasteiger charge is 2.19. The predicted octanol–water partition coefficient (Wildman–Crippen LogP) is 3.07. The smallest absolute Gasteiger partial charge is 0.313 e. The average molecular weight is 297 g/mol. The van der Waals surface area contributed by atoms with E-state index in [1.807, 2.05) is 30.7 Å². The van der Waals surface area contributed by atoms with Gasteiger partial charge in [0.05, 0.1) is 5.75 Å². The molecule has 0 aliphatic carbocycles. The summed E-state index contributed by atoms with van der Waals surface area (Å²) in [5, 5.41) is 21.9. The van der Waals surface area contributed by atoms with Crippen LogP contribution in [0.4, 0.5) is 0 Å². The molecule has 2 rings (SSSR count). The van der Waals surface area contributed by atoms with Crippen molar-refractivity contribution in [1.82, 2.24) is 14.8 Å². The van der Waals surface area contributed by atoms with Crippen LogP contribution in [-0.4, -0.2) is 31.6 Å². The molecule has 7 heteroatoms. The van der Waals surface area contributed by atoms with Gasteiger partial charge in [-0.3, -0.25) is 9.36 Å². The molecule has 0 aromatic carbocycles. The molecule has 0 atom stereocenters. The number of hydrogen-bond donors (Lipinski definition) is 1. The lowest BCUT2D eigenvalue weighted by Gasteiger charge is -2.13. The van der Waals surface area contributed by atoms with Crippen LogP contribution in [0.15, 0.2) is 15.9 Å². The molecule has 0 aliphatic rings. The van der Waals surface area contributed by atoms with Gasteiger partial charge in [0.2, 0.25) is 0 Å². The number of carbonyl (C=O) groups is 1. The molecule has 0 aliphatic heterocycles. The van der Waals surface area contributed by atoms with Crippen molar-refractivity contribution in [2.45, 2.75) is 32.0 Å². The molecule has 0 bridgehead atoms. The third-order valence-electron chi connectivity index (χ3n) is 2.60. The fraction of sp³-hybridized carbons (Fsp3) is 0.417. The van der Waals surface area contributed by atoms with E-state index >= 15 is 0 Å². The highest BCUT2D eigenvalue weighted by molar-refractivity contribution is 7.99. The maximum Gasteiger partial charge on any atom is 0.313 e. The summed E-state index contributed by atoms with van der Waals surface area (Å²) in [6.45, 7) is 6.12. The number of rotatable bonds is 5. The van der Waals surface area contributed by atoms with Gasteiger partial charge in [-0.05, 0) is 31.7 Å². The summed E-state index contributed by atoms with van der Waals surface area (Å²) in [4.78, 5) is 10.7. The minimum absolute atomic E-state index is 0.00648. The molecule has 0 radical (unpaired) electrons. The van der Waals surface area contributed by atoms with Crippen LogP contribution in [0, 0.1) is 6.92 Å².